The SMILES string of the molecule is COc1ccc2nccc(CCCC3CCN(CC#Cc4ccc(Cl)cc4)CC3CCC(=O)O)c2c1. The van der Waals surface area contributed by atoms with E-state index in [0.717, 1.165) is 67.4 Å². The molecule has 1 aromatic heterocycles. The molecule has 3 aromatic rings. The largest absolute Gasteiger partial charge is 0.497 e. The summed E-state index contributed by atoms with van der Waals surface area (Å²) in [7, 11) is 1.68. The molecule has 0 aliphatic carbocycles. The number of rotatable bonds is 9. The molecule has 36 heavy (non-hydrogen) atoms. The number of pyridine rings is 1. The first kappa shape index (κ1) is 26.0. The summed E-state index contributed by atoms with van der Waals surface area (Å²) in [4.78, 5) is 18.2. The van der Waals surface area contributed by atoms with Crippen LogP contribution in [0.25, 0.3) is 10.9 Å². The molecule has 5 nitrogen and oxygen atoms in total. The van der Waals surface area contributed by atoms with Gasteiger partial charge in [-0.2, -0.15) is 0 Å². The molecular weight excluding hydrogens is 472 g/mol. The molecule has 0 amide bonds. The molecule has 1 saturated heterocycles. The molecule has 2 atom stereocenters. The quantitative estimate of drug-likeness (QED) is 0.358. The molecule has 6 heteroatoms. The van der Waals surface area contributed by atoms with Gasteiger partial charge in [0.05, 0.1) is 19.2 Å². The van der Waals surface area contributed by atoms with Crippen molar-refractivity contribution in [3.8, 4) is 17.6 Å². The number of carboxylic acids is 1. The smallest absolute Gasteiger partial charge is 0.303 e. The summed E-state index contributed by atoms with van der Waals surface area (Å²) in [6.45, 7) is 2.60. The van der Waals surface area contributed by atoms with Crippen molar-refractivity contribution in [2.45, 2.75) is 38.5 Å². The highest BCUT2D eigenvalue weighted by molar-refractivity contribution is 6.30. The Morgan fingerprint density at radius 3 is 2.78 bits per heavy atom. The Kier molecular flexibility index (Phi) is 9.22. The highest BCUT2D eigenvalue weighted by atomic mass is 35.5. The lowest BCUT2D eigenvalue weighted by molar-refractivity contribution is -0.137. The van der Waals surface area contributed by atoms with E-state index in [0.29, 0.717) is 23.4 Å². The molecule has 2 unspecified atom stereocenters. The van der Waals surface area contributed by atoms with Crippen LogP contribution in [0.15, 0.2) is 54.7 Å². The number of ether oxygens (including phenoxy) is 1. The Morgan fingerprint density at radius 1 is 1.17 bits per heavy atom. The second-order valence-electron chi connectivity index (χ2n) is 9.53. The van der Waals surface area contributed by atoms with Crippen LogP contribution in [0.5, 0.6) is 5.75 Å². The highest BCUT2D eigenvalue weighted by Crippen LogP contribution is 2.32. The standard InChI is InChI=1S/C30H33ClN2O3/c1-36-27-12-13-29-28(20-27)24(15-17-32-29)6-2-5-23-16-19-33(21-25(23)9-14-30(34)35)18-3-4-22-7-10-26(31)11-8-22/h7-8,10-13,15,17,20,23,25H,2,5-6,9,14,16,18-19,21H2,1H3,(H,34,35). The van der Waals surface area contributed by atoms with Crippen LogP contribution in [0, 0.1) is 23.7 Å². The summed E-state index contributed by atoms with van der Waals surface area (Å²) in [6, 6.07) is 15.7. The highest BCUT2D eigenvalue weighted by Gasteiger charge is 2.28. The van der Waals surface area contributed by atoms with Crippen molar-refractivity contribution < 1.29 is 14.6 Å². The number of likely N-dealkylation sites (tertiary alicyclic amines) is 1. The van der Waals surface area contributed by atoms with Crippen LogP contribution in [-0.2, 0) is 11.2 Å². The first-order valence-electron chi connectivity index (χ1n) is 12.6. The second-order valence-corrected chi connectivity index (χ2v) is 9.97. The van der Waals surface area contributed by atoms with Crippen LogP contribution in [0.4, 0.5) is 0 Å². The van der Waals surface area contributed by atoms with Gasteiger partial charge in [-0.15, -0.1) is 0 Å². The van der Waals surface area contributed by atoms with Gasteiger partial charge in [-0.05, 0) is 105 Å². The first-order chi connectivity index (χ1) is 17.5. The minimum atomic E-state index is -0.717. The van der Waals surface area contributed by atoms with Gasteiger partial charge in [-0.25, -0.2) is 0 Å². The van der Waals surface area contributed by atoms with Gasteiger partial charge >= 0.3 is 5.97 Å². The number of aryl methyl sites for hydroxylation is 1. The molecule has 0 bridgehead atoms. The van der Waals surface area contributed by atoms with Crippen LogP contribution < -0.4 is 4.74 Å². The maximum Gasteiger partial charge on any atom is 0.303 e. The van der Waals surface area contributed by atoms with Crippen molar-refractivity contribution >= 4 is 28.5 Å². The molecule has 1 aliphatic rings. The zero-order valence-corrected chi connectivity index (χ0v) is 21.5. The monoisotopic (exact) mass is 504 g/mol. The minimum Gasteiger partial charge on any atom is -0.497 e. The van der Waals surface area contributed by atoms with Crippen LogP contribution in [0.1, 0.15) is 43.2 Å². The van der Waals surface area contributed by atoms with E-state index < -0.39 is 5.97 Å². The summed E-state index contributed by atoms with van der Waals surface area (Å²) >= 11 is 5.95. The lowest BCUT2D eigenvalue weighted by atomic mass is 9.79. The van der Waals surface area contributed by atoms with Crippen LogP contribution in [0.3, 0.4) is 0 Å². The number of piperidine rings is 1. The lowest BCUT2D eigenvalue weighted by Crippen LogP contribution is -2.41. The minimum absolute atomic E-state index is 0.222. The van der Waals surface area contributed by atoms with Gasteiger partial charge in [0, 0.05) is 35.1 Å². The van der Waals surface area contributed by atoms with Crippen molar-refractivity contribution in [1.29, 1.82) is 0 Å². The number of fused-ring (bicyclic) bond motifs is 1. The van der Waals surface area contributed by atoms with E-state index in [9.17, 15) is 9.90 Å². The Labute approximate surface area is 218 Å². The third-order valence-electron chi connectivity index (χ3n) is 7.14. The topological polar surface area (TPSA) is 62.7 Å². The van der Waals surface area contributed by atoms with E-state index in [2.05, 4.69) is 33.9 Å². The Hall–Kier alpha value is -3.07. The van der Waals surface area contributed by atoms with E-state index in [4.69, 9.17) is 16.3 Å². The van der Waals surface area contributed by atoms with Gasteiger partial charge in [0.25, 0.3) is 0 Å². The second kappa shape index (κ2) is 12.8. The fourth-order valence-corrected chi connectivity index (χ4v) is 5.31. The predicted molar refractivity (Wildman–Crippen MR) is 144 cm³/mol. The number of halogens is 1. The van der Waals surface area contributed by atoms with E-state index in [1.165, 1.54) is 5.56 Å². The Morgan fingerprint density at radius 2 is 2.00 bits per heavy atom. The van der Waals surface area contributed by atoms with Gasteiger partial charge in [0.15, 0.2) is 0 Å². The molecule has 1 N–H and O–H groups in total. The Bertz CT molecular complexity index is 1230. The van der Waals surface area contributed by atoms with E-state index in [1.54, 1.807) is 7.11 Å². The van der Waals surface area contributed by atoms with Crippen molar-refractivity contribution in [3.05, 3.63) is 70.9 Å². The third-order valence-corrected chi connectivity index (χ3v) is 7.40. The molecule has 0 spiro atoms. The first-order valence-corrected chi connectivity index (χ1v) is 13.0. The number of methoxy groups -OCH3 is 1. The third kappa shape index (κ3) is 7.22. The summed E-state index contributed by atoms with van der Waals surface area (Å²) in [5.41, 5.74) is 3.23. The molecule has 1 fully saturated rings. The van der Waals surface area contributed by atoms with Crippen molar-refractivity contribution in [3.63, 3.8) is 0 Å². The van der Waals surface area contributed by atoms with E-state index in [-0.39, 0.29) is 6.42 Å². The lowest BCUT2D eigenvalue weighted by Gasteiger charge is -2.38. The fraction of sp³-hybridized carbons (Fsp3) is 0.400. The normalized spacial score (nSPS) is 17.9. The molecule has 4 rings (SSSR count). The maximum atomic E-state index is 11.3. The van der Waals surface area contributed by atoms with Gasteiger partial charge in [-0.3, -0.25) is 14.7 Å². The van der Waals surface area contributed by atoms with Gasteiger partial charge in [0.2, 0.25) is 0 Å². The summed E-state index contributed by atoms with van der Waals surface area (Å²) in [5, 5.41) is 11.1. The van der Waals surface area contributed by atoms with Crippen LogP contribution in [0.2, 0.25) is 5.02 Å². The van der Waals surface area contributed by atoms with E-state index in [1.807, 2.05) is 42.6 Å². The maximum absolute atomic E-state index is 11.3. The number of carboxylic acid groups (broad SMARTS) is 1. The molecule has 0 saturated carbocycles. The van der Waals surface area contributed by atoms with Gasteiger partial charge in [0.1, 0.15) is 5.75 Å². The zero-order chi connectivity index (χ0) is 25.3. The number of aliphatic carboxylic acids is 1. The molecule has 0 radical (unpaired) electrons. The van der Waals surface area contributed by atoms with Gasteiger partial charge < -0.3 is 9.84 Å². The number of aromatic nitrogens is 1. The van der Waals surface area contributed by atoms with Crippen molar-refractivity contribution in [1.82, 2.24) is 9.88 Å². The number of hydrogen-bond donors (Lipinski definition) is 1. The molecule has 188 valence electrons. The summed E-state index contributed by atoms with van der Waals surface area (Å²) < 4.78 is 5.41. The fourth-order valence-electron chi connectivity index (χ4n) is 5.18. The summed E-state index contributed by atoms with van der Waals surface area (Å²) in [6.07, 6.45) is 7.05. The molecule has 2 aromatic carbocycles. The molecule has 2 heterocycles. The van der Waals surface area contributed by atoms with Gasteiger partial charge in [-0.1, -0.05) is 23.4 Å². The predicted octanol–water partition coefficient (Wildman–Crippen LogP) is 6.07. The van der Waals surface area contributed by atoms with Crippen molar-refractivity contribution in [2.24, 2.45) is 11.8 Å². The molecular formula is C30H33ClN2O3. The van der Waals surface area contributed by atoms with Crippen LogP contribution in [-0.4, -0.2) is 47.7 Å². The number of hydrogen-bond acceptors (Lipinski definition) is 4. The number of nitrogens with zero attached hydrogens (tertiary/aromatic N) is 2. The van der Waals surface area contributed by atoms with E-state index >= 15 is 0 Å². The van der Waals surface area contributed by atoms with Crippen molar-refractivity contribution in [2.75, 3.05) is 26.7 Å². The number of benzene rings is 2. The van der Waals surface area contributed by atoms with Crippen LogP contribution >= 0.6 is 11.6 Å². The number of carbonyl (C=O) groups is 1. The average molecular weight is 505 g/mol. The molecule has 1 aliphatic heterocycles. The zero-order valence-electron chi connectivity index (χ0n) is 20.8. The summed E-state index contributed by atoms with van der Waals surface area (Å²) in [5.74, 6) is 7.53. The average Bonchev–Trinajstić information content (AvgIpc) is 2.89. The Balaban J connectivity index is 1.35.